The third-order valence-electron chi connectivity index (χ3n) is 4.05. The summed E-state index contributed by atoms with van der Waals surface area (Å²) < 4.78 is 0. The molecule has 5 nitrogen and oxygen atoms in total. The zero-order valence-corrected chi connectivity index (χ0v) is 11.3. The summed E-state index contributed by atoms with van der Waals surface area (Å²) in [6.07, 6.45) is 0.283. The number of rotatable bonds is 1. The molecule has 1 aliphatic heterocycles. The smallest absolute Gasteiger partial charge is 0.220 e. The molecule has 0 aliphatic carbocycles. The highest BCUT2D eigenvalue weighted by Gasteiger charge is 2.36. The maximum absolute atomic E-state index is 11.8. The maximum Gasteiger partial charge on any atom is 0.220 e. The number of carboxylic acids is 1. The molecule has 2 atom stereocenters. The zero-order valence-electron chi connectivity index (χ0n) is 11.3. The molecule has 0 saturated heterocycles. The number of benzene rings is 1. The largest absolute Gasteiger partial charge is 0.548 e. The Bertz CT molecular complexity index is 704. The van der Waals surface area contributed by atoms with Crippen molar-refractivity contribution >= 4 is 22.8 Å². The van der Waals surface area contributed by atoms with Crippen LogP contribution in [0, 0.1) is 0 Å². The van der Waals surface area contributed by atoms with E-state index in [0.717, 1.165) is 22.2 Å². The molecule has 0 radical (unpaired) electrons. The molecular weight excluding hydrogens is 256 g/mol. The van der Waals surface area contributed by atoms with E-state index in [1.807, 2.05) is 31.2 Å². The van der Waals surface area contributed by atoms with Crippen molar-refractivity contribution in [2.24, 2.45) is 0 Å². The summed E-state index contributed by atoms with van der Waals surface area (Å²) in [5, 5.41) is 12.4. The maximum atomic E-state index is 11.8. The third kappa shape index (κ3) is 1.70. The lowest BCUT2D eigenvalue weighted by molar-refractivity contribution is -0.312. The van der Waals surface area contributed by atoms with Gasteiger partial charge in [-0.05, 0) is 18.6 Å². The van der Waals surface area contributed by atoms with Gasteiger partial charge < -0.3 is 19.8 Å². The number of fused-ring (bicyclic) bond motifs is 3. The number of carbonyl (C=O) groups excluding carboxylic acids is 2. The Hall–Kier alpha value is -2.30. The van der Waals surface area contributed by atoms with Gasteiger partial charge in [-0.3, -0.25) is 4.79 Å². The number of hydrogen-bond acceptors (Lipinski definition) is 3. The van der Waals surface area contributed by atoms with Gasteiger partial charge in [0.2, 0.25) is 5.91 Å². The van der Waals surface area contributed by atoms with Gasteiger partial charge in [0, 0.05) is 29.9 Å². The number of amides is 1. The second-order valence-electron chi connectivity index (χ2n) is 5.20. The molecule has 20 heavy (non-hydrogen) atoms. The van der Waals surface area contributed by atoms with E-state index in [0.29, 0.717) is 0 Å². The van der Waals surface area contributed by atoms with Crippen molar-refractivity contribution in [1.29, 1.82) is 0 Å². The van der Waals surface area contributed by atoms with Crippen molar-refractivity contribution in [1.82, 2.24) is 9.88 Å². The summed E-state index contributed by atoms with van der Waals surface area (Å²) in [7, 11) is 0. The standard InChI is InChI=1S/C15H16N2O3/c1-8-14-11(10-5-3-4-6-12(10)16-14)7-13(15(19)20)17(8)9(2)18/h3-6,8,13,16H,7H2,1-2H3,(H,19,20)/p-1/t8-,13+/m1/s1. The fourth-order valence-corrected chi connectivity index (χ4v) is 3.19. The predicted molar refractivity (Wildman–Crippen MR) is 71.7 cm³/mol. The molecule has 0 spiro atoms. The Morgan fingerprint density at radius 1 is 1.35 bits per heavy atom. The molecule has 1 aliphatic rings. The number of aromatic amines is 1. The van der Waals surface area contributed by atoms with Crippen molar-refractivity contribution < 1.29 is 14.7 Å². The van der Waals surface area contributed by atoms with Crippen molar-refractivity contribution in [3.8, 4) is 0 Å². The van der Waals surface area contributed by atoms with Crippen LogP contribution in [-0.2, 0) is 16.0 Å². The van der Waals surface area contributed by atoms with Crippen LogP contribution < -0.4 is 5.11 Å². The van der Waals surface area contributed by atoms with E-state index in [4.69, 9.17) is 0 Å². The summed E-state index contributed by atoms with van der Waals surface area (Å²) in [5.74, 6) is -1.46. The molecule has 2 aromatic rings. The van der Waals surface area contributed by atoms with Crippen LogP contribution >= 0.6 is 0 Å². The second-order valence-corrected chi connectivity index (χ2v) is 5.20. The number of carboxylic acid groups (broad SMARTS) is 1. The Kier molecular flexibility index (Phi) is 2.78. The number of nitrogens with zero attached hydrogens (tertiary/aromatic N) is 1. The highest BCUT2D eigenvalue weighted by atomic mass is 16.4. The highest BCUT2D eigenvalue weighted by Crippen LogP contribution is 2.36. The van der Waals surface area contributed by atoms with Crippen LogP contribution in [0.2, 0.25) is 0 Å². The average molecular weight is 271 g/mol. The molecule has 0 bridgehead atoms. The summed E-state index contributed by atoms with van der Waals surface area (Å²) in [6, 6.07) is 6.56. The highest BCUT2D eigenvalue weighted by molar-refractivity contribution is 5.89. The van der Waals surface area contributed by atoms with Gasteiger partial charge in [-0.25, -0.2) is 0 Å². The third-order valence-corrected chi connectivity index (χ3v) is 4.05. The number of para-hydroxylation sites is 1. The predicted octanol–water partition coefficient (Wildman–Crippen LogP) is 0.752. The molecule has 0 saturated carbocycles. The minimum Gasteiger partial charge on any atom is -0.548 e. The first-order valence-corrected chi connectivity index (χ1v) is 6.60. The van der Waals surface area contributed by atoms with E-state index in [1.165, 1.54) is 11.8 Å². The number of hydrogen-bond donors (Lipinski definition) is 1. The van der Waals surface area contributed by atoms with Gasteiger partial charge >= 0.3 is 0 Å². The molecule has 0 fully saturated rings. The minimum absolute atomic E-state index is 0.254. The average Bonchev–Trinajstić information content (AvgIpc) is 2.77. The fraction of sp³-hybridized carbons (Fsp3) is 0.333. The summed E-state index contributed by atoms with van der Waals surface area (Å²) >= 11 is 0. The number of aliphatic carboxylic acids is 1. The molecule has 1 aromatic heterocycles. The first kappa shape index (κ1) is 12.7. The first-order valence-electron chi connectivity index (χ1n) is 6.60. The van der Waals surface area contributed by atoms with Gasteiger partial charge in [0.25, 0.3) is 0 Å². The zero-order chi connectivity index (χ0) is 14.4. The lowest BCUT2D eigenvalue weighted by Crippen LogP contribution is -2.54. The topological polar surface area (TPSA) is 76.2 Å². The summed E-state index contributed by atoms with van der Waals surface area (Å²) in [6.45, 7) is 3.23. The van der Waals surface area contributed by atoms with Gasteiger partial charge in [-0.2, -0.15) is 0 Å². The van der Waals surface area contributed by atoms with Crippen molar-refractivity contribution in [2.75, 3.05) is 0 Å². The van der Waals surface area contributed by atoms with Crippen LogP contribution in [0.4, 0.5) is 0 Å². The lowest BCUT2D eigenvalue weighted by atomic mass is 9.92. The molecule has 3 rings (SSSR count). The molecule has 2 heterocycles. The molecule has 1 N–H and O–H groups in total. The number of carbonyl (C=O) groups is 2. The Morgan fingerprint density at radius 2 is 2.05 bits per heavy atom. The Morgan fingerprint density at radius 3 is 2.70 bits per heavy atom. The van der Waals surface area contributed by atoms with Crippen molar-refractivity contribution in [3.63, 3.8) is 0 Å². The van der Waals surface area contributed by atoms with E-state index in [-0.39, 0.29) is 18.4 Å². The summed E-state index contributed by atoms with van der Waals surface area (Å²) in [5.41, 5.74) is 2.85. The van der Waals surface area contributed by atoms with Crippen LogP contribution in [0.5, 0.6) is 0 Å². The van der Waals surface area contributed by atoms with E-state index < -0.39 is 12.0 Å². The van der Waals surface area contributed by atoms with E-state index in [9.17, 15) is 14.7 Å². The van der Waals surface area contributed by atoms with Crippen LogP contribution in [0.15, 0.2) is 24.3 Å². The number of H-pyrrole nitrogens is 1. The van der Waals surface area contributed by atoms with Crippen LogP contribution in [-0.4, -0.2) is 27.8 Å². The van der Waals surface area contributed by atoms with Crippen LogP contribution in [0.1, 0.15) is 31.1 Å². The molecule has 1 amide bonds. The van der Waals surface area contributed by atoms with E-state index >= 15 is 0 Å². The Labute approximate surface area is 116 Å². The van der Waals surface area contributed by atoms with Crippen LogP contribution in [0.3, 0.4) is 0 Å². The minimum atomic E-state index is -1.21. The molecule has 0 unspecified atom stereocenters. The van der Waals surface area contributed by atoms with E-state index in [1.54, 1.807) is 0 Å². The van der Waals surface area contributed by atoms with Gasteiger partial charge in [-0.15, -0.1) is 0 Å². The molecule has 5 heteroatoms. The van der Waals surface area contributed by atoms with Gasteiger partial charge in [0.05, 0.1) is 18.1 Å². The SMILES string of the molecule is CC(=O)N1[C@H](C)c2[nH]c3ccccc3c2C[C@H]1C(=O)[O-]. The van der Waals surface area contributed by atoms with Crippen LogP contribution in [0.25, 0.3) is 10.9 Å². The van der Waals surface area contributed by atoms with Gasteiger partial charge in [0.15, 0.2) is 0 Å². The van der Waals surface area contributed by atoms with Gasteiger partial charge in [-0.1, -0.05) is 18.2 Å². The molecular formula is C15H15N2O3-. The lowest BCUT2D eigenvalue weighted by Gasteiger charge is -2.40. The van der Waals surface area contributed by atoms with E-state index in [2.05, 4.69) is 4.98 Å². The number of aromatic nitrogens is 1. The number of nitrogens with one attached hydrogen (secondary N) is 1. The quantitative estimate of drug-likeness (QED) is 0.831. The van der Waals surface area contributed by atoms with Gasteiger partial charge in [0.1, 0.15) is 0 Å². The Balaban J connectivity index is 2.20. The normalized spacial score (nSPS) is 21.8. The van der Waals surface area contributed by atoms with Crippen molar-refractivity contribution in [3.05, 3.63) is 35.5 Å². The molecule has 1 aromatic carbocycles. The fourth-order valence-electron chi connectivity index (χ4n) is 3.19. The summed E-state index contributed by atoms with van der Waals surface area (Å²) in [4.78, 5) is 27.8. The molecule has 104 valence electrons. The van der Waals surface area contributed by atoms with Crippen molar-refractivity contribution in [2.45, 2.75) is 32.4 Å². The first-order chi connectivity index (χ1) is 9.50. The monoisotopic (exact) mass is 271 g/mol. The second kappa shape index (κ2) is 4.37.